The van der Waals surface area contributed by atoms with Gasteiger partial charge in [0.2, 0.25) is 5.91 Å². The van der Waals surface area contributed by atoms with E-state index in [1.54, 1.807) is 11.5 Å². The molecule has 1 aliphatic rings. The highest BCUT2D eigenvalue weighted by Crippen LogP contribution is 2.28. The van der Waals surface area contributed by atoms with E-state index in [1.807, 2.05) is 13.8 Å². The van der Waals surface area contributed by atoms with Gasteiger partial charge in [0.05, 0.1) is 10.3 Å². The van der Waals surface area contributed by atoms with Crippen LogP contribution >= 0.6 is 11.3 Å². The number of hydrazine groups is 1. The molecule has 0 bridgehead atoms. The van der Waals surface area contributed by atoms with Crippen LogP contribution in [0.25, 0.3) is 10.2 Å². The van der Waals surface area contributed by atoms with Crippen molar-refractivity contribution in [1.29, 1.82) is 0 Å². The number of fused-ring (bicyclic) bond motifs is 2. The maximum atomic E-state index is 12.9. The Morgan fingerprint density at radius 1 is 1.23 bits per heavy atom. The van der Waals surface area contributed by atoms with Crippen LogP contribution < -0.4 is 16.4 Å². The maximum absolute atomic E-state index is 12.9. The molecule has 0 radical (unpaired) electrons. The average Bonchev–Trinajstić information content (AvgIpc) is 2.76. The molecule has 0 spiro atoms. The van der Waals surface area contributed by atoms with Gasteiger partial charge in [0.25, 0.3) is 11.5 Å². The van der Waals surface area contributed by atoms with Crippen LogP contribution in [-0.2, 0) is 17.8 Å². The first kappa shape index (κ1) is 18.6. The summed E-state index contributed by atoms with van der Waals surface area (Å²) in [5.41, 5.74) is 5.42. The number of hydrogen-bond acceptors (Lipinski definition) is 5. The first-order valence-corrected chi connectivity index (χ1v) is 9.82. The van der Waals surface area contributed by atoms with Crippen molar-refractivity contribution in [2.75, 3.05) is 0 Å². The van der Waals surface area contributed by atoms with E-state index in [1.165, 1.54) is 11.3 Å². The van der Waals surface area contributed by atoms with E-state index in [-0.39, 0.29) is 17.4 Å². The molecular weight excluding hydrogens is 352 g/mol. The topological polar surface area (TPSA) is 93.1 Å². The molecule has 0 fully saturated rings. The van der Waals surface area contributed by atoms with Crippen LogP contribution in [0.4, 0.5) is 0 Å². The standard InChI is InChI=1S/C18H24N4O3S/c1-10(2)9-13(23)20-21-16(24)15-11(3)14-17(26-15)19-12-7-5-4-6-8-22(12)18(14)25/h10H,4-9H2,1-3H3,(H,20,23)(H,21,24). The lowest BCUT2D eigenvalue weighted by molar-refractivity contribution is -0.122. The van der Waals surface area contributed by atoms with E-state index in [4.69, 9.17) is 0 Å². The van der Waals surface area contributed by atoms with Crippen LogP contribution in [0.5, 0.6) is 0 Å². The van der Waals surface area contributed by atoms with Gasteiger partial charge in [0, 0.05) is 19.4 Å². The Labute approximate surface area is 155 Å². The largest absolute Gasteiger partial charge is 0.296 e. The molecule has 0 aliphatic carbocycles. The maximum Gasteiger partial charge on any atom is 0.280 e. The number of aryl methyl sites for hydroxylation is 2. The van der Waals surface area contributed by atoms with E-state index >= 15 is 0 Å². The lowest BCUT2D eigenvalue weighted by atomic mass is 10.1. The zero-order valence-corrected chi connectivity index (χ0v) is 16.2. The van der Waals surface area contributed by atoms with Gasteiger partial charge in [-0.3, -0.25) is 29.8 Å². The van der Waals surface area contributed by atoms with Gasteiger partial charge in [0.1, 0.15) is 10.7 Å². The van der Waals surface area contributed by atoms with Gasteiger partial charge in [0.15, 0.2) is 0 Å². The van der Waals surface area contributed by atoms with E-state index in [9.17, 15) is 14.4 Å². The average molecular weight is 376 g/mol. The Morgan fingerprint density at radius 2 is 2.00 bits per heavy atom. The monoisotopic (exact) mass is 376 g/mol. The quantitative estimate of drug-likeness (QED) is 0.804. The van der Waals surface area contributed by atoms with Gasteiger partial charge in [-0.05, 0) is 31.2 Å². The van der Waals surface area contributed by atoms with Gasteiger partial charge in [-0.1, -0.05) is 20.3 Å². The fraction of sp³-hybridized carbons (Fsp3) is 0.556. The number of hydrogen-bond donors (Lipinski definition) is 2. The smallest absolute Gasteiger partial charge is 0.280 e. The molecule has 0 saturated carbocycles. The normalized spacial score (nSPS) is 14.2. The zero-order chi connectivity index (χ0) is 18.8. The van der Waals surface area contributed by atoms with E-state index < -0.39 is 5.91 Å². The van der Waals surface area contributed by atoms with Crippen molar-refractivity contribution >= 4 is 33.4 Å². The van der Waals surface area contributed by atoms with Crippen molar-refractivity contribution in [2.45, 2.75) is 59.4 Å². The molecule has 2 N–H and O–H groups in total. The highest BCUT2D eigenvalue weighted by molar-refractivity contribution is 7.20. The molecule has 0 aromatic carbocycles. The van der Waals surface area contributed by atoms with Crippen LogP contribution in [0.15, 0.2) is 4.79 Å². The molecule has 2 aromatic heterocycles. The van der Waals surface area contributed by atoms with Crippen molar-refractivity contribution in [3.05, 3.63) is 26.6 Å². The van der Waals surface area contributed by atoms with E-state index in [0.717, 1.165) is 31.5 Å². The molecule has 0 unspecified atom stereocenters. The fourth-order valence-electron chi connectivity index (χ4n) is 3.23. The Balaban J connectivity index is 1.89. The van der Waals surface area contributed by atoms with Crippen molar-refractivity contribution in [2.24, 2.45) is 5.92 Å². The highest BCUT2D eigenvalue weighted by Gasteiger charge is 2.22. The lowest BCUT2D eigenvalue weighted by Crippen LogP contribution is -2.41. The fourth-order valence-corrected chi connectivity index (χ4v) is 4.32. The van der Waals surface area contributed by atoms with Crippen LogP contribution in [-0.4, -0.2) is 21.4 Å². The highest BCUT2D eigenvalue weighted by atomic mass is 32.1. The number of carbonyl (C=O) groups is 2. The molecule has 26 heavy (non-hydrogen) atoms. The second-order valence-electron chi connectivity index (χ2n) is 7.13. The lowest BCUT2D eigenvalue weighted by Gasteiger charge is -2.08. The first-order chi connectivity index (χ1) is 12.4. The first-order valence-electron chi connectivity index (χ1n) is 9.00. The predicted molar refractivity (Wildman–Crippen MR) is 101 cm³/mol. The predicted octanol–water partition coefficient (Wildman–Crippen LogP) is 2.30. The van der Waals surface area contributed by atoms with E-state index in [2.05, 4.69) is 15.8 Å². The van der Waals surface area contributed by atoms with Crippen molar-refractivity contribution < 1.29 is 9.59 Å². The zero-order valence-electron chi connectivity index (χ0n) is 15.3. The molecule has 3 heterocycles. The second kappa shape index (κ2) is 7.57. The Morgan fingerprint density at radius 3 is 2.73 bits per heavy atom. The van der Waals surface area contributed by atoms with Crippen molar-refractivity contribution in [3.8, 4) is 0 Å². The van der Waals surface area contributed by atoms with Gasteiger partial charge in [-0.25, -0.2) is 4.98 Å². The summed E-state index contributed by atoms with van der Waals surface area (Å²) in [7, 11) is 0. The minimum atomic E-state index is -0.415. The molecule has 2 amide bonds. The van der Waals surface area contributed by atoms with Gasteiger partial charge in [-0.2, -0.15) is 0 Å². The number of nitrogens with one attached hydrogen (secondary N) is 2. The summed E-state index contributed by atoms with van der Waals surface area (Å²) in [6.07, 6.45) is 4.21. The third-order valence-corrected chi connectivity index (χ3v) is 5.71. The summed E-state index contributed by atoms with van der Waals surface area (Å²) in [6.45, 7) is 6.30. The van der Waals surface area contributed by atoms with Gasteiger partial charge < -0.3 is 0 Å². The summed E-state index contributed by atoms with van der Waals surface area (Å²) in [5, 5.41) is 0.513. The Bertz CT molecular complexity index is 913. The number of rotatable bonds is 3. The summed E-state index contributed by atoms with van der Waals surface area (Å²) >= 11 is 1.20. The molecule has 8 heteroatoms. The number of amides is 2. The Kier molecular flexibility index (Phi) is 5.41. The molecule has 7 nitrogen and oxygen atoms in total. The molecular formula is C18H24N4O3S. The molecule has 0 atom stereocenters. The summed E-state index contributed by atoms with van der Waals surface area (Å²) in [4.78, 5) is 42.7. The van der Waals surface area contributed by atoms with Crippen LogP contribution in [0.3, 0.4) is 0 Å². The number of aromatic nitrogens is 2. The third kappa shape index (κ3) is 3.65. The Hall–Kier alpha value is -2.22. The van der Waals surface area contributed by atoms with Crippen LogP contribution in [0.1, 0.15) is 60.6 Å². The third-order valence-electron chi connectivity index (χ3n) is 4.53. The number of thiophene rings is 1. The van der Waals surface area contributed by atoms with Crippen LogP contribution in [0, 0.1) is 12.8 Å². The molecule has 140 valence electrons. The van der Waals surface area contributed by atoms with Gasteiger partial charge in [-0.15, -0.1) is 11.3 Å². The van der Waals surface area contributed by atoms with Crippen molar-refractivity contribution in [1.82, 2.24) is 20.4 Å². The second-order valence-corrected chi connectivity index (χ2v) is 8.13. The number of nitrogens with zero attached hydrogens (tertiary/aromatic N) is 2. The summed E-state index contributed by atoms with van der Waals surface area (Å²) in [6, 6.07) is 0. The van der Waals surface area contributed by atoms with Crippen molar-refractivity contribution in [3.63, 3.8) is 0 Å². The molecule has 2 aromatic rings. The molecule has 3 rings (SSSR count). The number of carbonyl (C=O) groups excluding carboxylic acids is 2. The van der Waals surface area contributed by atoms with E-state index in [0.29, 0.717) is 33.6 Å². The summed E-state index contributed by atoms with van der Waals surface area (Å²) in [5.74, 6) is 0.357. The minimum absolute atomic E-state index is 0.0662. The summed E-state index contributed by atoms with van der Waals surface area (Å²) < 4.78 is 1.75. The van der Waals surface area contributed by atoms with Gasteiger partial charge >= 0.3 is 0 Å². The SMILES string of the molecule is Cc1c(C(=O)NNC(=O)CC(C)C)sc2nc3n(c(=O)c12)CCCCC3. The van der Waals surface area contributed by atoms with Crippen LogP contribution in [0.2, 0.25) is 0 Å². The molecule has 1 aliphatic heterocycles. The molecule has 0 saturated heterocycles. The minimum Gasteiger partial charge on any atom is -0.296 e.